The number of anilines is 1. The van der Waals surface area contributed by atoms with Crippen LogP contribution in [-0.2, 0) is 0 Å². The fourth-order valence-corrected chi connectivity index (χ4v) is 1.72. The first kappa shape index (κ1) is 11.6. The van der Waals surface area contributed by atoms with Gasteiger partial charge in [0, 0.05) is 5.69 Å². The Hall–Kier alpha value is -1.49. The van der Waals surface area contributed by atoms with Crippen molar-refractivity contribution in [1.29, 1.82) is 5.26 Å². The maximum Gasteiger partial charge on any atom is 0.119 e. The minimum absolute atomic E-state index is 0.523. The van der Waals surface area contributed by atoms with Gasteiger partial charge in [-0.1, -0.05) is 17.7 Å². The van der Waals surface area contributed by atoms with E-state index in [9.17, 15) is 0 Å². The third kappa shape index (κ3) is 2.73. The van der Waals surface area contributed by atoms with E-state index < -0.39 is 5.54 Å². The molecule has 0 fully saturated rings. The second-order valence-electron chi connectivity index (χ2n) is 4.64. The van der Waals surface area contributed by atoms with Crippen molar-refractivity contribution >= 4 is 5.69 Å². The van der Waals surface area contributed by atoms with Crippen LogP contribution in [0.4, 0.5) is 5.69 Å². The van der Waals surface area contributed by atoms with Crippen molar-refractivity contribution in [3.8, 4) is 6.07 Å². The monoisotopic (exact) mass is 202 g/mol. The molecule has 1 N–H and O–H groups in total. The molecular formula is C13H18N2. The molecule has 0 atom stereocenters. The molecule has 2 nitrogen and oxygen atoms in total. The van der Waals surface area contributed by atoms with Crippen LogP contribution in [0, 0.1) is 32.1 Å². The summed E-state index contributed by atoms with van der Waals surface area (Å²) in [6.45, 7) is 9.97. The van der Waals surface area contributed by atoms with Gasteiger partial charge in [-0.25, -0.2) is 0 Å². The molecule has 2 heteroatoms. The van der Waals surface area contributed by atoms with Gasteiger partial charge in [-0.15, -0.1) is 0 Å². The first-order valence-corrected chi connectivity index (χ1v) is 5.13. The van der Waals surface area contributed by atoms with Gasteiger partial charge >= 0.3 is 0 Å². The van der Waals surface area contributed by atoms with Crippen molar-refractivity contribution in [2.75, 3.05) is 5.32 Å². The highest BCUT2D eigenvalue weighted by Crippen LogP contribution is 2.24. The van der Waals surface area contributed by atoms with E-state index in [-0.39, 0.29) is 0 Å². The molecule has 15 heavy (non-hydrogen) atoms. The highest BCUT2D eigenvalue weighted by atomic mass is 15.0. The lowest BCUT2D eigenvalue weighted by molar-refractivity contribution is 0.726. The van der Waals surface area contributed by atoms with Crippen LogP contribution >= 0.6 is 0 Å². The van der Waals surface area contributed by atoms with Crippen LogP contribution in [0.2, 0.25) is 0 Å². The number of benzene rings is 1. The molecule has 1 aromatic rings. The number of nitriles is 1. The highest BCUT2D eigenvalue weighted by Gasteiger charge is 2.17. The third-order valence-corrected chi connectivity index (χ3v) is 2.39. The lowest BCUT2D eigenvalue weighted by Crippen LogP contribution is -2.29. The summed E-state index contributed by atoms with van der Waals surface area (Å²) < 4.78 is 0. The predicted octanol–water partition coefficient (Wildman–Crippen LogP) is 3.33. The summed E-state index contributed by atoms with van der Waals surface area (Å²) in [7, 11) is 0. The zero-order valence-electron chi connectivity index (χ0n) is 10.1. The van der Waals surface area contributed by atoms with Gasteiger partial charge in [0.2, 0.25) is 0 Å². The molecule has 0 saturated heterocycles. The SMILES string of the molecule is Cc1cc(C)c(NC(C)(C)C#N)c(C)c1. The largest absolute Gasteiger partial charge is 0.367 e. The maximum atomic E-state index is 8.98. The molecule has 0 spiro atoms. The summed E-state index contributed by atoms with van der Waals surface area (Å²) in [5.74, 6) is 0. The maximum absolute atomic E-state index is 8.98. The molecule has 0 aliphatic heterocycles. The highest BCUT2D eigenvalue weighted by molar-refractivity contribution is 5.60. The zero-order valence-corrected chi connectivity index (χ0v) is 10.1. The second kappa shape index (κ2) is 3.94. The Bertz CT molecular complexity index is 388. The van der Waals surface area contributed by atoms with E-state index in [1.165, 1.54) is 16.7 Å². The average molecular weight is 202 g/mol. The van der Waals surface area contributed by atoms with Gasteiger partial charge < -0.3 is 5.32 Å². The Labute approximate surface area is 91.9 Å². The fraction of sp³-hybridized carbons (Fsp3) is 0.462. The van der Waals surface area contributed by atoms with Crippen LogP contribution in [0.5, 0.6) is 0 Å². The number of rotatable bonds is 2. The summed E-state index contributed by atoms with van der Waals surface area (Å²) in [5, 5.41) is 12.2. The smallest absolute Gasteiger partial charge is 0.119 e. The summed E-state index contributed by atoms with van der Waals surface area (Å²) in [5.41, 5.74) is 4.19. The van der Waals surface area contributed by atoms with Crippen LogP contribution in [0.1, 0.15) is 30.5 Å². The molecule has 0 saturated carbocycles. The number of hydrogen-bond acceptors (Lipinski definition) is 2. The van der Waals surface area contributed by atoms with E-state index >= 15 is 0 Å². The number of hydrogen-bond donors (Lipinski definition) is 1. The van der Waals surface area contributed by atoms with Gasteiger partial charge in [0.1, 0.15) is 5.54 Å². The van der Waals surface area contributed by atoms with E-state index in [0.29, 0.717) is 0 Å². The number of nitrogens with zero attached hydrogens (tertiary/aromatic N) is 1. The Morgan fingerprint density at radius 2 is 1.60 bits per heavy atom. The van der Waals surface area contributed by atoms with Crippen LogP contribution in [0.25, 0.3) is 0 Å². The first-order chi connectivity index (χ1) is 6.85. The Kier molecular flexibility index (Phi) is 3.04. The molecule has 0 heterocycles. The van der Waals surface area contributed by atoms with Gasteiger partial charge in [0.15, 0.2) is 0 Å². The van der Waals surface area contributed by atoms with Crippen molar-refractivity contribution < 1.29 is 0 Å². The van der Waals surface area contributed by atoms with Crippen molar-refractivity contribution in [3.63, 3.8) is 0 Å². The Morgan fingerprint density at radius 1 is 1.13 bits per heavy atom. The lowest BCUT2D eigenvalue weighted by atomic mass is 10.0. The summed E-state index contributed by atoms with van der Waals surface area (Å²) in [6.07, 6.45) is 0. The molecule has 0 aliphatic carbocycles. The Balaban J connectivity index is 3.12. The molecule has 0 bridgehead atoms. The van der Waals surface area contributed by atoms with E-state index in [1.54, 1.807) is 0 Å². The van der Waals surface area contributed by atoms with Crippen LogP contribution in [0.15, 0.2) is 12.1 Å². The van der Waals surface area contributed by atoms with Gasteiger partial charge in [-0.05, 0) is 45.7 Å². The summed E-state index contributed by atoms with van der Waals surface area (Å²) in [4.78, 5) is 0. The van der Waals surface area contributed by atoms with E-state index in [0.717, 1.165) is 5.69 Å². The quantitative estimate of drug-likeness (QED) is 0.798. The van der Waals surface area contributed by atoms with Crippen molar-refractivity contribution in [1.82, 2.24) is 0 Å². The van der Waals surface area contributed by atoms with E-state index in [1.807, 2.05) is 13.8 Å². The summed E-state index contributed by atoms with van der Waals surface area (Å²) >= 11 is 0. The predicted molar refractivity (Wildman–Crippen MR) is 64.0 cm³/mol. The van der Waals surface area contributed by atoms with Crippen LogP contribution < -0.4 is 5.32 Å². The number of nitrogens with one attached hydrogen (secondary N) is 1. The number of aryl methyl sites for hydroxylation is 3. The first-order valence-electron chi connectivity index (χ1n) is 5.13. The van der Waals surface area contributed by atoms with Crippen LogP contribution in [-0.4, -0.2) is 5.54 Å². The van der Waals surface area contributed by atoms with Crippen LogP contribution in [0.3, 0.4) is 0 Å². The van der Waals surface area contributed by atoms with Crippen molar-refractivity contribution in [2.45, 2.75) is 40.2 Å². The third-order valence-electron chi connectivity index (χ3n) is 2.39. The molecular weight excluding hydrogens is 184 g/mol. The minimum atomic E-state index is -0.523. The zero-order chi connectivity index (χ0) is 11.6. The molecule has 0 aliphatic rings. The molecule has 1 rings (SSSR count). The average Bonchev–Trinajstić information content (AvgIpc) is 2.11. The normalized spacial score (nSPS) is 10.9. The topological polar surface area (TPSA) is 35.8 Å². The second-order valence-corrected chi connectivity index (χ2v) is 4.64. The molecule has 1 aromatic carbocycles. The fourth-order valence-electron chi connectivity index (χ4n) is 1.72. The Morgan fingerprint density at radius 3 is 2.00 bits per heavy atom. The van der Waals surface area contributed by atoms with E-state index in [2.05, 4.69) is 44.3 Å². The van der Waals surface area contributed by atoms with Crippen molar-refractivity contribution in [2.24, 2.45) is 0 Å². The minimum Gasteiger partial charge on any atom is -0.367 e. The molecule has 0 unspecified atom stereocenters. The van der Waals surface area contributed by atoms with Gasteiger partial charge in [0.25, 0.3) is 0 Å². The molecule has 80 valence electrons. The van der Waals surface area contributed by atoms with Crippen molar-refractivity contribution in [3.05, 3.63) is 28.8 Å². The molecule has 0 amide bonds. The molecule has 0 radical (unpaired) electrons. The standard InChI is InChI=1S/C13H18N2/c1-9-6-10(2)12(11(3)7-9)15-13(4,5)8-14/h6-7,15H,1-5H3. The van der Waals surface area contributed by atoms with Gasteiger partial charge in [-0.3, -0.25) is 0 Å². The molecule has 0 aromatic heterocycles. The van der Waals surface area contributed by atoms with E-state index in [4.69, 9.17) is 5.26 Å². The lowest BCUT2D eigenvalue weighted by Gasteiger charge is -2.22. The van der Waals surface area contributed by atoms with Gasteiger partial charge in [0.05, 0.1) is 6.07 Å². The van der Waals surface area contributed by atoms with Gasteiger partial charge in [-0.2, -0.15) is 5.26 Å². The summed E-state index contributed by atoms with van der Waals surface area (Å²) in [6, 6.07) is 6.50.